The second-order valence-electron chi connectivity index (χ2n) is 28.1. The quantitative estimate of drug-likeness (QED) is 0.0559. The molecular weight excluding hydrogens is 1290 g/mol. The fourth-order valence-electron chi connectivity index (χ4n) is 15.8. The number of nitrogens with zero attached hydrogens (tertiary/aromatic N) is 13. The van der Waals surface area contributed by atoms with Crippen molar-refractivity contribution in [2.45, 2.75) is 232 Å². The molecule has 2 aromatic carbocycles. The van der Waals surface area contributed by atoms with Gasteiger partial charge in [-0.1, -0.05) is 109 Å². The maximum atomic E-state index is 13.8. The number of aromatic nitrogens is 10. The smallest absolute Gasteiger partial charge is 0.270 e. The van der Waals surface area contributed by atoms with Crippen LogP contribution in [0.3, 0.4) is 0 Å². The van der Waals surface area contributed by atoms with E-state index in [-0.39, 0.29) is 29.1 Å². The number of carbonyl (C=O) groups is 3. The van der Waals surface area contributed by atoms with E-state index in [9.17, 15) is 18.8 Å². The van der Waals surface area contributed by atoms with Crippen LogP contribution in [0.15, 0.2) is 110 Å². The molecule has 23 heteroatoms. The lowest BCUT2D eigenvalue weighted by atomic mass is 9.79. The minimum atomic E-state index is -0.154. The highest BCUT2D eigenvalue weighted by molar-refractivity contribution is 6.00. The summed E-state index contributed by atoms with van der Waals surface area (Å²) in [5.74, 6) is 1.97. The summed E-state index contributed by atoms with van der Waals surface area (Å²) in [6, 6.07) is 27.9. The molecule has 4 aliphatic carbocycles. The number of fused-ring (bicyclic) bond motifs is 10. The Hall–Kier alpha value is -8.93. The number of carbonyl (C=O) groups excluding carboxylic acids is 3. The van der Waals surface area contributed by atoms with Crippen molar-refractivity contribution in [3.63, 3.8) is 0 Å². The van der Waals surface area contributed by atoms with Gasteiger partial charge in [0.05, 0.1) is 5.54 Å². The Morgan fingerprint density at radius 1 is 0.456 bits per heavy atom. The Balaban J connectivity index is 0.000000150. The van der Waals surface area contributed by atoms with Gasteiger partial charge in [0, 0.05) is 162 Å². The van der Waals surface area contributed by atoms with Gasteiger partial charge in [0.25, 0.3) is 17.7 Å². The molecule has 0 radical (unpaired) electrons. The maximum absolute atomic E-state index is 13.8. The fraction of sp³-hybridized carbons (Fsp3) is 0.525. The van der Waals surface area contributed by atoms with E-state index in [1.165, 1.54) is 42.0 Å². The maximum Gasteiger partial charge on any atom is 0.270 e. The van der Waals surface area contributed by atoms with Crippen molar-refractivity contribution in [2.24, 2.45) is 0 Å². The monoisotopic (exact) mass is 1400 g/mol. The van der Waals surface area contributed by atoms with Crippen molar-refractivity contribution < 1.29 is 18.8 Å². The number of amides is 3. The molecule has 3 amide bonds. The van der Waals surface area contributed by atoms with Gasteiger partial charge in [0.15, 0.2) is 0 Å². The first-order chi connectivity index (χ1) is 50.3. The molecule has 7 aromatic heterocycles. The van der Waals surface area contributed by atoms with E-state index in [1.54, 1.807) is 28.3 Å². The van der Waals surface area contributed by atoms with E-state index in [0.29, 0.717) is 90.7 Å². The summed E-state index contributed by atoms with van der Waals surface area (Å²) in [4.78, 5) is 75.5. The lowest BCUT2D eigenvalue weighted by Gasteiger charge is -2.45. The van der Waals surface area contributed by atoms with E-state index in [0.717, 1.165) is 161 Å². The molecule has 0 atom stereocenters. The minimum Gasteiger partial charge on any atom is -0.351 e. The predicted octanol–water partition coefficient (Wildman–Crippen LogP) is 13.7. The third-order valence-corrected chi connectivity index (χ3v) is 21.5. The van der Waals surface area contributed by atoms with Crippen LogP contribution < -0.4 is 31.9 Å². The SMILES string of the molecule is CC.CC.CC.CN1CCn2c(cc3cnc(NC4CCC(NCc5ccccc5F)CC4)nc32)C1=O.CN1CCn2c(cc3cnc(NC4CCC(NCc5cccnc5)CC4)nc32)C1=O.Cc1ccccc1CNC1CCC(Nc2ncc3cc4n(c3n2)C2(CCCCC2)CN(C)C4=O)CC1. The van der Waals surface area contributed by atoms with Crippen molar-refractivity contribution in [3.05, 3.63) is 155 Å². The summed E-state index contributed by atoms with van der Waals surface area (Å²) in [5.41, 5.74) is 9.35. The van der Waals surface area contributed by atoms with Gasteiger partial charge in [-0.25, -0.2) is 19.3 Å². The number of hydrogen-bond donors (Lipinski definition) is 6. The van der Waals surface area contributed by atoms with Gasteiger partial charge >= 0.3 is 0 Å². The molecule has 22 nitrogen and oxygen atoms in total. The van der Waals surface area contributed by atoms with Gasteiger partial charge < -0.3 is 60.3 Å². The molecule has 103 heavy (non-hydrogen) atoms. The van der Waals surface area contributed by atoms with E-state index in [2.05, 4.69) is 93.7 Å². The molecule has 0 bridgehead atoms. The van der Waals surface area contributed by atoms with Crippen LogP contribution in [0.5, 0.6) is 0 Å². The molecule has 6 N–H and O–H groups in total. The van der Waals surface area contributed by atoms with Gasteiger partial charge in [-0.2, -0.15) is 15.0 Å². The topological polar surface area (TPSA) is 238 Å². The average molecular weight is 1400 g/mol. The van der Waals surface area contributed by atoms with Crippen LogP contribution in [-0.4, -0.2) is 158 Å². The van der Waals surface area contributed by atoms with Crippen LogP contribution in [0.25, 0.3) is 33.1 Å². The molecule has 3 aliphatic heterocycles. The molecule has 7 aliphatic rings. The molecule has 10 heterocycles. The number of rotatable bonds is 15. The zero-order chi connectivity index (χ0) is 72.6. The summed E-state index contributed by atoms with van der Waals surface area (Å²) >= 11 is 0. The zero-order valence-electron chi connectivity index (χ0n) is 62.5. The first-order valence-corrected chi connectivity index (χ1v) is 38.3. The molecule has 16 rings (SSSR count). The summed E-state index contributed by atoms with van der Waals surface area (Å²) in [5, 5.41) is 24.3. The molecule has 4 fully saturated rings. The highest BCUT2D eigenvalue weighted by Gasteiger charge is 2.44. The van der Waals surface area contributed by atoms with Gasteiger partial charge in [0.1, 0.15) is 39.8 Å². The van der Waals surface area contributed by atoms with Crippen LogP contribution in [0.2, 0.25) is 0 Å². The summed E-state index contributed by atoms with van der Waals surface area (Å²) in [6.07, 6.45) is 28.1. The second kappa shape index (κ2) is 35.5. The molecule has 0 unspecified atom stereocenters. The lowest BCUT2D eigenvalue weighted by molar-refractivity contribution is 0.0543. The van der Waals surface area contributed by atoms with Crippen LogP contribution in [0.1, 0.15) is 204 Å². The third-order valence-electron chi connectivity index (χ3n) is 21.5. The van der Waals surface area contributed by atoms with Crippen molar-refractivity contribution >= 4 is 68.7 Å². The normalized spacial score (nSPS) is 21.2. The Labute approximate surface area is 607 Å². The first-order valence-electron chi connectivity index (χ1n) is 38.3. The number of nitrogens with one attached hydrogen (secondary N) is 6. The standard InChI is InChI=1S/C29H38N6O.C23H27FN6O.C22H27N7O.3C2H6/c1-20-8-4-5-9-21(20)17-30-23-10-12-24(13-11-23)32-28-31-18-22-16-25-27(36)34(2)19-29(14-6-3-7-15-29)35(25)26(22)33-28;1-29-10-11-30-20(22(29)31)12-16-14-26-23(28-21(16)30)27-18-8-6-17(7-9-18)25-13-15-4-2-3-5-19(15)24;1-28-9-10-29-19(21(28)30)11-16-14-25-22(27-20(16)29)26-18-6-4-17(5-7-18)24-13-15-3-2-8-23-12-15;3*1-2/h4-5,8-9,16,18,23-24,30H,3,6-7,10-15,17,19H2,1-2H3,(H,31,32,33);2-5,12,14,17-18,25H,6-11,13H2,1H3,(H,26,27,28);2-3,8,11-12,14,17-18,24H,4-7,9-10,13H2,1H3,(H,25,26,27);3*1-2H3. The Morgan fingerprint density at radius 2 is 0.874 bits per heavy atom. The van der Waals surface area contributed by atoms with E-state index < -0.39 is 0 Å². The van der Waals surface area contributed by atoms with E-state index >= 15 is 0 Å². The highest BCUT2D eigenvalue weighted by atomic mass is 19.1. The van der Waals surface area contributed by atoms with Crippen molar-refractivity contribution in [1.82, 2.24) is 79.2 Å². The lowest BCUT2D eigenvalue weighted by Crippen LogP contribution is -2.53. The number of benzene rings is 2. The van der Waals surface area contributed by atoms with Crippen molar-refractivity contribution in [2.75, 3.05) is 56.7 Å². The molecule has 9 aromatic rings. The molecule has 0 saturated heterocycles. The number of pyridine rings is 1. The second-order valence-corrected chi connectivity index (χ2v) is 28.1. The summed E-state index contributed by atoms with van der Waals surface area (Å²) < 4.78 is 20.1. The van der Waals surface area contributed by atoms with Crippen molar-refractivity contribution in [3.8, 4) is 0 Å². The summed E-state index contributed by atoms with van der Waals surface area (Å²) in [6.45, 7) is 20.2. The number of halogens is 1. The Morgan fingerprint density at radius 3 is 1.35 bits per heavy atom. The zero-order valence-corrected chi connectivity index (χ0v) is 62.5. The fourth-order valence-corrected chi connectivity index (χ4v) is 15.8. The molecule has 1 spiro atoms. The summed E-state index contributed by atoms with van der Waals surface area (Å²) in [7, 11) is 5.60. The van der Waals surface area contributed by atoms with Crippen LogP contribution in [-0.2, 0) is 38.3 Å². The van der Waals surface area contributed by atoms with Gasteiger partial charge in [-0.15, -0.1) is 0 Å². The predicted molar refractivity (Wildman–Crippen MR) is 410 cm³/mol. The number of aryl methyl sites for hydroxylation is 1. The Kier molecular flexibility index (Phi) is 25.9. The third kappa shape index (κ3) is 17.8. The highest BCUT2D eigenvalue weighted by Crippen LogP contribution is 2.42. The number of likely N-dealkylation sites (N-methyl/N-ethyl adjacent to an activating group) is 3. The van der Waals surface area contributed by atoms with E-state index in [1.807, 2.05) is 132 Å². The molecule has 550 valence electrons. The number of hydrogen-bond acceptors (Lipinski definition) is 16. The molecule has 4 saturated carbocycles. The largest absolute Gasteiger partial charge is 0.351 e. The first kappa shape index (κ1) is 75.2. The van der Waals surface area contributed by atoms with Gasteiger partial charge in [-0.05, 0) is 144 Å². The van der Waals surface area contributed by atoms with Gasteiger partial charge in [-0.3, -0.25) is 19.4 Å². The molecular formula is C80H110FN19O3. The van der Waals surface area contributed by atoms with Crippen molar-refractivity contribution in [1.29, 1.82) is 0 Å². The van der Waals surface area contributed by atoms with Gasteiger partial charge in [0.2, 0.25) is 17.8 Å². The Bertz CT molecular complexity index is 4260. The van der Waals surface area contributed by atoms with Crippen LogP contribution in [0.4, 0.5) is 22.2 Å². The minimum absolute atomic E-state index is 0.0277. The van der Waals surface area contributed by atoms with Crippen LogP contribution in [0, 0.1) is 12.7 Å². The number of anilines is 3. The van der Waals surface area contributed by atoms with E-state index in [4.69, 9.17) is 15.0 Å². The van der Waals surface area contributed by atoms with Crippen LogP contribution >= 0.6 is 0 Å². The average Bonchev–Trinajstić information content (AvgIpc) is 1.61.